The highest BCUT2D eigenvalue weighted by Crippen LogP contribution is 2.17. The summed E-state index contributed by atoms with van der Waals surface area (Å²) >= 11 is 0. The minimum atomic E-state index is 0.296. The van der Waals surface area contributed by atoms with Crippen molar-refractivity contribution in [2.45, 2.75) is 19.4 Å². The van der Waals surface area contributed by atoms with Gasteiger partial charge in [0.2, 0.25) is 0 Å². The van der Waals surface area contributed by atoms with Gasteiger partial charge in [-0.2, -0.15) is 0 Å². The van der Waals surface area contributed by atoms with E-state index >= 15 is 0 Å². The maximum absolute atomic E-state index is 5.75. The zero-order valence-corrected chi connectivity index (χ0v) is 8.66. The van der Waals surface area contributed by atoms with Gasteiger partial charge in [-0.05, 0) is 12.5 Å². The molecule has 0 aliphatic rings. The SMILES string of the molecule is CCC(COC)Nc1ccncc1N. The lowest BCUT2D eigenvalue weighted by atomic mass is 10.2. The van der Waals surface area contributed by atoms with Crippen LogP contribution >= 0.6 is 0 Å². The molecular formula is C10H17N3O. The molecular weight excluding hydrogens is 178 g/mol. The average Bonchev–Trinajstić information content (AvgIpc) is 2.20. The molecule has 4 heteroatoms. The van der Waals surface area contributed by atoms with Crippen LogP contribution in [-0.2, 0) is 4.74 Å². The first-order chi connectivity index (χ1) is 6.77. The zero-order valence-electron chi connectivity index (χ0n) is 8.66. The van der Waals surface area contributed by atoms with Crippen LogP contribution in [0.5, 0.6) is 0 Å². The number of ether oxygens (including phenoxy) is 1. The van der Waals surface area contributed by atoms with E-state index in [0.29, 0.717) is 18.3 Å². The van der Waals surface area contributed by atoms with E-state index < -0.39 is 0 Å². The first-order valence-corrected chi connectivity index (χ1v) is 4.72. The molecule has 0 radical (unpaired) electrons. The number of nitrogens with zero attached hydrogens (tertiary/aromatic N) is 1. The lowest BCUT2D eigenvalue weighted by Crippen LogP contribution is -2.24. The van der Waals surface area contributed by atoms with Gasteiger partial charge < -0.3 is 15.8 Å². The van der Waals surface area contributed by atoms with E-state index in [4.69, 9.17) is 10.5 Å². The van der Waals surface area contributed by atoms with E-state index in [1.807, 2.05) is 6.07 Å². The van der Waals surface area contributed by atoms with Gasteiger partial charge in [-0.3, -0.25) is 4.98 Å². The third kappa shape index (κ3) is 2.88. The number of pyridine rings is 1. The fourth-order valence-electron chi connectivity index (χ4n) is 1.22. The summed E-state index contributed by atoms with van der Waals surface area (Å²) in [5.74, 6) is 0. The Labute approximate surface area is 84.5 Å². The molecule has 1 aromatic rings. The number of methoxy groups -OCH3 is 1. The van der Waals surface area contributed by atoms with Crippen LogP contribution in [0.1, 0.15) is 13.3 Å². The fourth-order valence-corrected chi connectivity index (χ4v) is 1.22. The smallest absolute Gasteiger partial charge is 0.0736 e. The highest BCUT2D eigenvalue weighted by molar-refractivity contribution is 5.64. The highest BCUT2D eigenvalue weighted by Gasteiger charge is 2.06. The maximum Gasteiger partial charge on any atom is 0.0736 e. The summed E-state index contributed by atoms with van der Waals surface area (Å²) in [4.78, 5) is 3.93. The van der Waals surface area contributed by atoms with Crippen LogP contribution in [0, 0.1) is 0 Å². The number of nitrogen functional groups attached to an aromatic ring is 1. The highest BCUT2D eigenvalue weighted by atomic mass is 16.5. The third-order valence-electron chi connectivity index (χ3n) is 2.07. The number of anilines is 2. The molecule has 1 unspecified atom stereocenters. The quantitative estimate of drug-likeness (QED) is 0.747. The summed E-state index contributed by atoms with van der Waals surface area (Å²) < 4.78 is 5.09. The standard InChI is InChI=1S/C10H17N3O/c1-3-8(7-14-2)13-10-4-5-12-6-9(10)11/h4-6,8H,3,7,11H2,1-2H3,(H,12,13). The van der Waals surface area contributed by atoms with Crippen molar-refractivity contribution in [2.75, 3.05) is 24.8 Å². The minimum absolute atomic E-state index is 0.296. The fraction of sp³-hybridized carbons (Fsp3) is 0.500. The second-order valence-corrected chi connectivity index (χ2v) is 3.17. The molecule has 1 rings (SSSR count). The molecule has 0 spiro atoms. The number of rotatable bonds is 5. The first kappa shape index (κ1) is 10.8. The lowest BCUT2D eigenvalue weighted by Gasteiger charge is -2.18. The van der Waals surface area contributed by atoms with E-state index in [0.717, 1.165) is 12.1 Å². The Bertz CT molecular complexity index is 278. The van der Waals surface area contributed by atoms with E-state index in [9.17, 15) is 0 Å². The van der Waals surface area contributed by atoms with Crippen molar-refractivity contribution in [3.8, 4) is 0 Å². The van der Waals surface area contributed by atoms with Crippen LogP contribution in [0.4, 0.5) is 11.4 Å². The van der Waals surface area contributed by atoms with Gasteiger partial charge in [0, 0.05) is 19.3 Å². The maximum atomic E-state index is 5.75. The summed E-state index contributed by atoms with van der Waals surface area (Å²) in [5, 5.41) is 3.31. The van der Waals surface area contributed by atoms with Gasteiger partial charge in [-0.15, -0.1) is 0 Å². The summed E-state index contributed by atoms with van der Waals surface area (Å²) in [7, 11) is 1.69. The largest absolute Gasteiger partial charge is 0.396 e. The molecule has 0 aromatic carbocycles. The molecule has 0 amide bonds. The van der Waals surface area contributed by atoms with E-state index in [1.54, 1.807) is 19.5 Å². The van der Waals surface area contributed by atoms with Crippen molar-refractivity contribution in [1.29, 1.82) is 0 Å². The van der Waals surface area contributed by atoms with Gasteiger partial charge in [0.1, 0.15) is 0 Å². The van der Waals surface area contributed by atoms with Gasteiger partial charge in [0.05, 0.1) is 24.2 Å². The van der Waals surface area contributed by atoms with Crippen LogP contribution in [0.15, 0.2) is 18.5 Å². The summed E-state index contributed by atoms with van der Waals surface area (Å²) in [6.45, 7) is 2.78. The van der Waals surface area contributed by atoms with Gasteiger partial charge >= 0.3 is 0 Å². The Morgan fingerprint density at radius 2 is 2.43 bits per heavy atom. The second-order valence-electron chi connectivity index (χ2n) is 3.17. The van der Waals surface area contributed by atoms with Crippen molar-refractivity contribution in [3.05, 3.63) is 18.5 Å². The summed E-state index contributed by atoms with van der Waals surface area (Å²) in [6.07, 6.45) is 4.36. The average molecular weight is 195 g/mol. The molecule has 0 fully saturated rings. The molecule has 4 nitrogen and oxygen atoms in total. The number of hydrogen-bond acceptors (Lipinski definition) is 4. The van der Waals surface area contributed by atoms with Gasteiger partial charge in [-0.25, -0.2) is 0 Å². The zero-order chi connectivity index (χ0) is 10.4. The molecule has 78 valence electrons. The number of nitrogens with one attached hydrogen (secondary N) is 1. The van der Waals surface area contributed by atoms with Crippen molar-refractivity contribution >= 4 is 11.4 Å². The third-order valence-corrected chi connectivity index (χ3v) is 2.07. The van der Waals surface area contributed by atoms with Crippen molar-refractivity contribution in [2.24, 2.45) is 0 Å². The Hall–Kier alpha value is -1.29. The van der Waals surface area contributed by atoms with E-state index in [2.05, 4.69) is 17.2 Å². The molecule has 0 bridgehead atoms. The van der Waals surface area contributed by atoms with Crippen LogP contribution < -0.4 is 11.1 Å². The Morgan fingerprint density at radius 3 is 3.00 bits per heavy atom. The molecule has 1 heterocycles. The Balaban J connectivity index is 2.62. The topological polar surface area (TPSA) is 60.2 Å². The number of hydrogen-bond donors (Lipinski definition) is 2. The molecule has 1 aromatic heterocycles. The summed E-state index contributed by atoms with van der Waals surface area (Å²) in [5.41, 5.74) is 7.34. The Morgan fingerprint density at radius 1 is 1.64 bits per heavy atom. The number of nitrogens with two attached hydrogens (primary N) is 1. The molecule has 0 saturated carbocycles. The molecule has 14 heavy (non-hydrogen) atoms. The molecule has 3 N–H and O–H groups in total. The van der Waals surface area contributed by atoms with Crippen molar-refractivity contribution < 1.29 is 4.74 Å². The Kier molecular flexibility index (Phi) is 4.19. The predicted octanol–water partition coefficient (Wildman–Crippen LogP) is 1.50. The molecule has 0 aliphatic heterocycles. The van der Waals surface area contributed by atoms with Crippen LogP contribution in [0.2, 0.25) is 0 Å². The van der Waals surface area contributed by atoms with Gasteiger partial charge in [-0.1, -0.05) is 6.92 Å². The first-order valence-electron chi connectivity index (χ1n) is 4.72. The van der Waals surface area contributed by atoms with E-state index in [1.165, 1.54) is 0 Å². The summed E-state index contributed by atoms with van der Waals surface area (Å²) in [6, 6.07) is 2.16. The minimum Gasteiger partial charge on any atom is -0.396 e. The number of aromatic nitrogens is 1. The lowest BCUT2D eigenvalue weighted by molar-refractivity contribution is 0.184. The van der Waals surface area contributed by atoms with Gasteiger partial charge in [0.15, 0.2) is 0 Å². The predicted molar refractivity (Wildman–Crippen MR) is 58.2 cm³/mol. The van der Waals surface area contributed by atoms with Crippen molar-refractivity contribution in [1.82, 2.24) is 4.98 Å². The molecule has 1 atom stereocenters. The molecule has 0 saturated heterocycles. The van der Waals surface area contributed by atoms with Crippen molar-refractivity contribution in [3.63, 3.8) is 0 Å². The second kappa shape index (κ2) is 5.44. The normalized spacial score (nSPS) is 12.4. The van der Waals surface area contributed by atoms with E-state index in [-0.39, 0.29) is 0 Å². The van der Waals surface area contributed by atoms with Crippen LogP contribution in [0.3, 0.4) is 0 Å². The van der Waals surface area contributed by atoms with Crippen LogP contribution in [-0.4, -0.2) is 24.7 Å². The van der Waals surface area contributed by atoms with Gasteiger partial charge in [0.25, 0.3) is 0 Å². The monoisotopic (exact) mass is 195 g/mol. The molecule has 0 aliphatic carbocycles. The van der Waals surface area contributed by atoms with Crippen LogP contribution in [0.25, 0.3) is 0 Å².